The van der Waals surface area contributed by atoms with Gasteiger partial charge < -0.3 is 19.8 Å². The molecule has 20 heavy (non-hydrogen) atoms. The first-order valence-corrected chi connectivity index (χ1v) is 6.51. The number of aliphatic carboxylic acids is 1. The number of β-amino-alcohol motifs (C(OH)–C–C–N with tert-alkyl or cyclic N) is 1. The number of carbonyl (C=O) groups excluding carboxylic acids is 1. The second-order valence-electron chi connectivity index (χ2n) is 5.14. The highest BCUT2D eigenvalue weighted by atomic mass is 16.5. The van der Waals surface area contributed by atoms with E-state index in [1.54, 1.807) is 6.07 Å². The lowest BCUT2D eigenvalue weighted by Crippen LogP contribution is -2.43. The molecule has 0 saturated carbocycles. The number of rotatable bonds is 2. The lowest BCUT2D eigenvalue weighted by atomic mass is 9.99. The maximum Gasteiger partial charge on any atom is 0.326 e. The maximum absolute atomic E-state index is 12.5. The number of benzene rings is 1. The number of aliphatic hydroxyl groups is 1. The number of para-hydroxylation sites is 1. The summed E-state index contributed by atoms with van der Waals surface area (Å²) in [5, 5.41) is 18.8. The molecule has 1 unspecified atom stereocenters. The van der Waals surface area contributed by atoms with E-state index in [1.807, 2.05) is 18.2 Å². The van der Waals surface area contributed by atoms with Crippen molar-refractivity contribution in [3.63, 3.8) is 0 Å². The summed E-state index contributed by atoms with van der Waals surface area (Å²) in [5.41, 5.74) is 0.781. The van der Waals surface area contributed by atoms with E-state index in [-0.39, 0.29) is 25.5 Å². The molecule has 0 spiro atoms. The Morgan fingerprint density at radius 1 is 1.30 bits per heavy atom. The first kappa shape index (κ1) is 12.9. The van der Waals surface area contributed by atoms with Gasteiger partial charge in [0.1, 0.15) is 24.3 Å². The van der Waals surface area contributed by atoms with Crippen molar-refractivity contribution < 1.29 is 24.5 Å². The minimum absolute atomic E-state index is 0.0640. The Bertz CT molecular complexity index is 558. The molecule has 2 aliphatic rings. The summed E-state index contributed by atoms with van der Waals surface area (Å²) < 4.78 is 5.46. The van der Waals surface area contributed by atoms with E-state index in [2.05, 4.69) is 0 Å². The first-order valence-electron chi connectivity index (χ1n) is 6.51. The summed E-state index contributed by atoms with van der Waals surface area (Å²) in [6, 6.07) is 6.29. The van der Waals surface area contributed by atoms with Gasteiger partial charge in [0.05, 0.1) is 6.10 Å². The highest BCUT2D eigenvalue weighted by Crippen LogP contribution is 2.36. The smallest absolute Gasteiger partial charge is 0.326 e. The monoisotopic (exact) mass is 277 g/mol. The van der Waals surface area contributed by atoms with Crippen molar-refractivity contribution in [3.8, 4) is 5.75 Å². The Hall–Kier alpha value is -2.08. The van der Waals surface area contributed by atoms with Gasteiger partial charge in [-0.25, -0.2) is 4.79 Å². The second kappa shape index (κ2) is 4.79. The molecule has 0 aromatic heterocycles. The van der Waals surface area contributed by atoms with Gasteiger partial charge in [-0.15, -0.1) is 0 Å². The largest absolute Gasteiger partial charge is 0.492 e. The van der Waals surface area contributed by atoms with E-state index < -0.39 is 24.0 Å². The van der Waals surface area contributed by atoms with Crippen LogP contribution >= 0.6 is 0 Å². The van der Waals surface area contributed by atoms with Crippen molar-refractivity contribution in [2.75, 3.05) is 13.2 Å². The van der Waals surface area contributed by atoms with Gasteiger partial charge in [-0.05, 0) is 6.07 Å². The number of hydrogen-bond donors (Lipinski definition) is 2. The molecule has 6 nitrogen and oxygen atoms in total. The highest BCUT2D eigenvalue weighted by molar-refractivity contribution is 5.90. The summed E-state index contributed by atoms with van der Waals surface area (Å²) in [6.45, 7) is 0.283. The van der Waals surface area contributed by atoms with Gasteiger partial charge >= 0.3 is 5.97 Å². The van der Waals surface area contributed by atoms with E-state index in [0.717, 1.165) is 5.56 Å². The molecule has 1 fully saturated rings. The molecular weight excluding hydrogens is 262 g/mol. The van der Waals surface area contributed by atoms with E-state index in [0.29, 0.717) is 5.75 Å². The topological polar surface area (TPSA) is 87.1 Å². The fourth-order valence-corrected chi connectivity index (χ4v) is 2.86. The predicted molar refractivity (Wildman–Crippen MR) is 68.4 cm³/mol. The standard InChI is InChI=1S/C14H15NO5/c16-8-5-11(14(18)19)15(6-8)13(17)10-7-20-12-4-2-1-3-9(10)12/h1-4,8,10-11,16H,5-7H2,(H,18,19)/t8-,10?,11-/m0/s1. The zero-order valence-electron chi connectivity index (χ0n) is 10.7. The summed E-state index contributed by atoms with van der Waals surface area (Å²) in [4.78, 5) is 25.0. The number of fused-ring (bicyclic) bond motifs is 1. The number of carbonyl (C=O) groups is 2. The van der Waals surface area contributed by atoms with Crippen molar-refractivity contribution in [1.82, 2.24) is 4.90 Å². The minimum atomic E-state index is -1.08. The molecule has 0 bridgehead atoms. The van der Waals surface area contributed by atoms with Gasteiger partial charge in [0, 0.05) is 18.5 Å². The Morgan fingerprint density at radius 3 is 2.80 bits per heavy atom. The fourth-order valence-electron chi connectivity index (χ4n) is 2.86. The Balaban J connectivity index is 1.85. The van der Waals surface area contributed by atoms with Gasteiger partial charge in [0.2, 0.25) is 5.91 Å². The zero-order valence-corrected chi connectivity index (χ0v) is 10.7. The summed E-state index contributed by atoms with van der Waals surface area (Å²) in [7, 11) is 0. The minimum Gasteiger partial charge on any atom is -0.492 e. The van der Waals surface area contributed by atoms with Crippen molar-refractivity contribution in [2.45, 2.75) is 24.5 Å². The first-order chi connectivity index (χ1) is 9.58. The predicted octanol–water partition coefficient (Wildman–Crippen LogP) is 0.209. The van der Waals surface area contributed by atoms with E-state index in [1.165, 1.54) is 4.90 Å². The average Bonchev–Trinajstić information content (AvgIpc) is 3.01. The fraction of sp³-hybridized carbons (Fsp3) is 0.429. The number of likely N-dealkylation sites (tertiary alicyclic amines) is 1. The van der Waals surface area contributed by atoms with E-state index in [9.17, 15) is 14.7 Å². The quantitative estimate of drug-likeness (QED) is 0.807. The summed E-state index contributed by atoms with van der Waals surface area (Å²) in [6.07, 6.45) is -0.700. The molecule has 2 N–H and O–H groups in total. The molecule has 106 valence electrons. The van der Waals surface area contributed by atoms with Gasteiger partial charge in [-0.2, -0.15) is 0 Å². The molecule has 2 heterocycles. The van der Waals surface area contributed by atoms with Gasteiger partial charge in [-0.3, -0.25) is 4.79 Å². The number of nitrogens with zero attached hydrogens (tertiary/aromatic N) is 1. The summed E-state index contributed by atoms with van der Waals surface area (Å²) in [5.74, 6) is -1.20. The van der Waals surface area contributed by atoms with Crippen LogP contribution in [0.15, 0.2) is 24.3 Å². The number of aliphatic hydroxyl groups excluding tert-OH is 1. The highest BCUT2D eigenvalue weighted by Gasteiger charge is 2.43. The van der Waals surface area contributed by atoms with Crippen LogP contribution in [-0.4, -0.2) is 52.3 Å². The van der Waals surface area contributed by atoms with Crippen LogP contribution < -0.4 is 4.74 Å². The van der Waals surface area contributed by atoms with Crippen molar-refractivity contribution >= 4 is 11.9 Å². The van der Waals surface area contributed by atoms with Crippen LogP contribution in [0.5, 0.6) is 5.75 Å². The lowest BCUT2D eigenvalue weighted by molar-refractivity contribution is -0.148. The molecule has 0 aliphatic carbocycles. The van der Waals surface area contributed by atoms with Crippen molar-refractivity contribution in [1.29, 1.82) is 0 Å². The van der Waals surface area contributed by atoms with Crippen LogP contribution in [0.25, 0.3) is 0 Å². The van der Waals surface area contributed by atoms with Crippen LogP contribution in [0.2, 0.25) is 0 Å². The third-order valence-electron chi connectivity index (χ3n) is 3.85. The average molecular weight is 277 g/mol. The number of carboxylic acids is 1. The Labute approximate surface area is 115 Å². The van der Waals surface area contributed by atoms with Gasteiger partial charge in [0.25, 0.3) is 0 Å². The van der Waals surface area contributed by atoms with Gasteiger partial charge in [0.15, 0.2) is 0 Å². The maximum atomic E-state index is 12.5. The molecule has 2 aliphatic heterocycles. The lowest BCUT2D eigenvalue weighted by Gasteiger charge is -2.24. The van der Waals surface area contributed by atoms with Crippen LogP contribution in [-0.2, 0) is 9.59 Å². The number of ether oxygens (including phenoxy) is 1. The molecule has 1 amide bonds. The number of amides is 1. The number of hydrogen-bond acceptors (Lipinski definition) is 4. The molecule has 6 heteroatoms. The van der Waals surface area contributed by atoms with Gasteiger partial charge in [-0.1, -0.05) is 18.2 Å². The normalized spacial score (nSPS) is 28.1. The Kier molecular flexibility index (Phi) is 3.10. The second-order valence-corrected chi connectivity index (χ2v) is 5.14. The molecule has 1 aromatic carbocycles. The third-order valence-corrected chi connectivity index (χ3v) is 3.85. The number of carboxylic acid groups (broad SMARTS) is 1. The van der Waals surface area contributed by atoms with Crippen LogP contribution in [0.3, 0.4) is 0 Å². The van der Waals surface area contributed by atoms with Crippen LogP contribution in [0.1, 0.15) is 17.9 Å². The van der Waals surface area contributed by atoms with E-state index >= 15 is 0 Å². The molecule has 3 rings (SSSR count). The molecular formula is C14H15NO5. The third kappa shape index (κ3) is 2.02. The van der Waals surface area contributed by atoms with Crippen LogP contribution in [0.4, 0.5) is 0 Å². The van der Waals surface area contributed by atoms with E-state index in [4.69, 9.17) is 9.84 Å². The zero-order chi connectivity index (χ0) is 14.3. The van der Waals surface area contributed by atoms with Crippen LogP contribution in [0, 0.1) is 0 Å². The van der Waals surface area contributed by atoms with Crippen molar-refractivity contribution in [3.05, 3.63) is 29.8 Å². The Morgan fingerprint density at radius 2 is 2.05 bits per heavy atom. The summed E-state index contributed by atoms with van der Waals surface area (Å²) >= 11 is 0. The molecule has 0 radical (unpaired) electrons. The molecule has 1 aromatic rings. The molecule has 3 atom stereocenters. The molecule has 1 saturated heterocycles. The SMILES string of the molecule is O=C(O)[C@@H]1C[C@H](O)CN1C(=O)C1COc2ccccc21. The van der Waals surface area contributed by atoms with Crippen molar-refractivity contribution in [2.24, 2.45) is 0 Å².